The maximum atomic E-state index is 13.5. The van der Waals surface area contributed by atoms with Crippen molar-refractivity contribution in [2.75, 3.05) is 6.54 Å². The Morgan fingerprint density at radius 2 is 2.16 bits per heavy atom. The quantitative estimate of drug-likeness (QED) is 0.616. The second kappa shape index (κ2) is 5.94. The zero-order valence-corrected chi connectivity index (χ0v) is 11.1. The molecular weight excluding hydrogens is 273 g/mol. The van der Waals surface area contributed by atoms with Gasteiger partial charge >= 0.3 is 5.97 Å². The Kier molecular flexibility index (Phi) is 4.79. The first-order valence-electron chi connectivity index (χ1n) is 5.43. The number of rotatable bonds is 6. The van der Waals surface area contributed by atoms with E-state index in [0.717, 1.165) is 12.1 Å². The highest BCUT2D eigenvalue weighted by atomic mass is 32.2. The fourth-order valence-corrected chi connectivity index (χ4v) is 2.58. The molecule has 5 nitrogen and oxygen atoms in total. The van der Waals surface area contributed by atoms with Gasteiger partial charge in [-0.1, -0.05) is 6.08 Å². The highest BCUT2D eigenvalue weighted by Crippen LogP contribution is 2.19. The van der Waals surface area contributed by atoms with E-state index in [-0.39, 0.29) is 17.0 Å². The lowest BCUT2D eigenvalue weighted by Crippen LogP contribution is -2.25. The van der Waals surface area contributed by atoms with Crippen molar-refractivity contribution < 1.29 is 22.7 Å². The van der Waals surface area contributed by atoms with Crippen LogP contribution in [0.5, 0.6) is 0 Å². The van der Waals surface area contributed by atoms with Crippen molar-refractivity contribution in [2.45, 2.75) is 18.2 Å². The van der Waals surface area contributed by atoms with Crippen LogP contribution in [0.4, 0.5) is 4.39 Å². The smallest absolute Gasteiger partial charge is 0.338 e. The van der Waals surface area contributed by atoms with E-state index in [4.69, 9.17) is 5.11 Å². The van der Waals surface area contributed by atoms with Gasteiger partial charge in [0, 0.05) is 6.54 Å². The molecule has 1 rings (SSSR count). The zero-order valence-electron chi connectivity index (χ0n) is 10.3. The SMILES string of the molecule is C=CCCNS(=O)(=O)c1cc(C)c(F)c(C(=O)O)c1. The van der Waals surface area contributed by atoms with Crippen molar-refractivity contribution in [2.24, 2.45) is 0 Å². The molecule has 0 unspecified atom stereocenters. The minimum absolute atomic E-state index is 0.0380. The van der Waals surface area contributed by atoms with Crippen LogP contribution >= 0.6 is 0 Å². The third kappa shape index (κ3) is 3.62. The summed E-state index contributed by atoms with van der Waals surface area (Å²) in [7, 11) is -3.86. The van der Waals surface area contributed by atoms with Crippen molar-refractivity contribution in [1.29, 1.82) is 0 Å². The second-order valence-corrected chi connectivity index (χ2v) is 5.65. The van der Waals surface area contributed by atoms with Crippen molar-refractivity contribution >= 4 is 16.0 Å². The van der Waals surface area contributed by atoms with Gasteiger partial charge in [0.05, 0.1) is 10.5 Å². The lowest BCUT2D eigenvalue weighted by molar-refractivity contribution is 0.0691. The monoisotopic (exact) mass is 287 g/mol. The molecule has 1 aromatic rings. The molecule has 0 aromatic heterocycles. The summed E-state index contributed by atoms with van der Waals surface area (Å²) in [5, 5.41) is 8.83. The molecule has 7 heteroatoms. The zero-order chi connectivity index (χ0) is 14.6. The van der Waals surface area contributed by atoms with Gasteiger partial charge in [-0.3, -0.25) is 0 Å². The Morgan fingerprint density at radius 1 is 1.53 bits per heavy atom. The lowest BCUT2D eigenvalue weighted by atomic mass is 10.1. The van der Waals surface area contributed by atoms with Gasteiger partial charge in [-0.15, -0.1) is 6.58 Å². The topological polar surface area (TPSA) is 83.5 Å². The van der Waals surface area contributed by atoms with Crippen molar-refractivity contribution in [1.82, 2.24) is 4.72 Å². The van der Waals surface area contributed by atoms with Crippen molar-refractivity contribution in [3.05, 3.63) is 41.7 Å². The first kappa shape index (κ1) is 15.3. The molecule has 104 valence electrons. The minimum Gasteiger partial charge on any atom is -0.478 e. The number of carboxylic acid groups (broad SMARTS) is 1. The van der Waals surface area contributed by atoms with Crippen LogP contribution in [0.15, 0.2) is 29.7 Å². The molecule has 0 bridgehead atoms. The van der Waals surface area contributed by atoms with E-state index in [0.29, 0.717) is 6.42 Å². The molecule has 0 saturated carbocycles. The Hall–Kier alpha value is -1.73. The number of sulfonamides is 1. The molecule has 0 radical (unpaired) electrons. The van der Waals surface area contributed by atoms with Crippen LogP contribution in [0.2, 0.25) is 0 Å². The van der Waals surface area contributed by atoms with Crippen LogP contribution < -0.4 is 4.72 Å². The molecule has 0 amide bonds. The number of hydrogen-bond donors (Lipinski definition) is 2. The molecule has 19 heavy (non-hydrogen) atoms. The lowest BCUT2D eigenvalue weighted by Gasteiger charge is -2.09. The standard InChI is InChI=1S/C12H14FNO4S/c1-3-4-5-14-19(17,18)9-6-8(2)11(13)10(7-9)12(15)16/h3,6-7,14H,1,4-5H2,2H3,(H,15,16). The maximum Gasteiger partial charge on any atom is 0.338 e. The molecule has 0 aliphatic rings. The van der Waals surface area contributed by atoms with E-state index in [1.807, 2.05) is 0 Å². The Bertz CT molecular complexity index is 610. The van der Waals surface area contributed by atoms with E-state index in [1.165, 1.54) is 6.92 Å². The molecule has 0 aliphatic heterocycles. The van der Waals surface area contributed by atoms with Gasteiger partial charge in [-0.2, -0.15) is 0 Å². The maximum absolute atomic E-state index is 13.5. The molecule has 0 heterocycles. The highest BCUT2D eigenvalue weighted by Gasteiger charge is 2.20. The Balaban J connectivity index is 3.21. The van der Waals surface area contributed by atoms with Gasteiger partial charge in [-0.25, -0.2) is 22.3 Å². The summed E-state index contributed by atoms with van der Waals surface area (Å²) in [5.74, 6) is -2.44. The average molecular weight is 287 g/mol. The summed E-state index contributed by atoms with van der Waals surface area (Å²) in [6, 6.07) is 1.90. The van der Waals surface area contributed by atoms with Gasteiger partial charge in [-0.05, 0) is 31.0 Å². The normalized spacial score (nSPS) is 11.3. The summed E-state index contributed by atoms with van der Waals surface area (Å²) in [6.07, 6.45) is 1.98. The molecule has 1 aromatic carbocycles. The number of aryl methyl sites for hydroxylation is 1. The number of carbonyl (C=O) groups is 1. The highest BCUT2D eigenvalue weighted by molar-refractivity contribution is 7.89. The van der Waals surface area contributed by atoms with Crippen LogP contribution in [0.1, 0.15) is 22.3 Å². The number of benzene rings is 1. The van der Waals surface area contributed by atoms with Crippen molar-refractivity contribution in [3.63, 3.8) is 0 Å². The number of carboxylic acids is 1. The van der Waals surface area contributed by atoms with E-state index in [9.17, 15) is 17.6 Å². The number of nitrogens with one attached hydrogen (secondary N) is 1. The fraction of sp³-hybridized carbons (Fsp3) is 0.250. The summed E-state index contributed by atoms with van der Waals surface area (Å²) < 4.78 is 39.6. The summed E-state index contributed by atoms with van der Waals surface area (Å²) >= 11 is 0. The first-order chi connectivity index (χ1) is 8.79. The van der Waals surface area contributed by atoms with Crippen LogP contribution in [-0.4, -0.2) is 26.0 Å². The number of aromatic carboxylic acids is 1. The first-order valence-corrected chi connectivity index (χ1v) is 6.92. The van der Waals surface area contributed by atoms with Crippen LogP contribution in [0, 0.1) is 12.7 Å². The summed E-state index contributed by atoms with van der Waals surface area (Å²) in [6.45, 7) is 4.91. The molecular formula is C12H14FNO4S. The van der Waals surface area contributed by atoms with Crippen LogP contribution in [0.3, 0.4) is 0 Å². The molecule has 0 atom stereocenters. The predicted octanol–water partition coefficient (Wildman–Crippen LogP) is 1.69. The van der Waals surface area contributed by atoms with Gasteiger partial charge < -0.3 is 5.11 Å². The van der Waals surface area contributed by atoms with E-state index in [2.05, 4.69) is 11.3 Å². The van der Waals surface area contributed by atoms with E-state index in [1.54, 1.807) is 6.08 Å². The number of halogens is 1. The molecule has 2 N–H and O–H groups in total. The van der Waals surface area contributed by atoms with E-state index >= 15 is 0 Å². The largest absolute Gasteiger partial charge is 0.478 e. The number of hydrogen-bond acceptors (Lipinski definition) is 3. The van der Waals surface area contributed by atoms with Gasteiger partial charge in [0.25, 0.3) is 0 Å². The molecule has 0 fully saturated rings. The molecule has 0 aliphatic carbocycles. The fourth-order valence-electron chi connectivity index (χ4n) is 1.43. The van der Waals surface area contributed by atoms with Gasteiger partial charge in [0.2, 0.25) is 10.0 Å². The third-order valence-corrected chi connectivity index (χ3v) is 3.85. The minimum atomic E-state index is -3.86. The Morgan fingerprint density at radius 3 is 2.68 bits per heavy atom. The van der Waals surface area contributed by atoms with E-state index < -0.39 is 27.4 Å². The Labute approximate surface area is 110 Å². The average Bonchev–Trinajstić information content (AvgIpc) is 2.32. The van der Waals surface area contributed by atoms with Gasteiger partial charge in [0.15, 0.2) is 0 Å². The van der Waals surface area contributed by atoms with Crippen LogP contribution in [0.25, 0.3) is 0 Å². The summed E-state index contributed by atoms with van der Waals surface area (Å²) in [4.78, 5) is 10.6. The second-order valence-electron chi connectivity index (χ2n) is 3.88. The molecule has 0 spiro atoms. The summed E-state index contributed by atoms with van der Waals surface area (Å²) in [5.41, 5.74) is -0.701. The molecule has 0 saturated heterocycles. The third-order valence-electron chi connectivity index (χ3n) is 2.41. The predicted molar refractivity (Wildman–Crippen MR) is 68.1 cm³/mol. The van der Waals surface area contributed by atoms with Gasteiger partial charge in [0.1, 0.15) is 5.82 Å². The van der Waals surface area contributed by atoms with Crippen molar-refractivity contribution in [3.8, 4) is 0 Å². The van der Waals surface area contributed by atoms with Crippen LogP contribution in [-0.2, 0) is 10.0 Å².